The molecule has 0 aliphatic carbocycles. The molecule has 0 nitrogen and oxygen atoms in total. The lowest BCUT2D eigenvalue weighted by Gasteiger charge is -1.88. The number of halogens is 1. The number of rotatable bonds is 0. The largest absolute Gasteiger partial charge is 0.0906 e. The zero-order valence-electron chi connectivity index (χ0n) is 5.97. The first-order valence-corrected chi connectivity index (χ1v) is 4.00. The van der Waals surface area contributed by atoms with Crippen LogP contribution in [0.15, 0.2) is 41.4 Å². The van der Waals surface area contributed by atoms with Crippen molar-refractivity contribution in [3.05, 3.63) is 47.0 Å². The van der Waals surface area contributed by atoms with Gasteiger partial charge in [-0.3, -0.25) is 0 Å². The molecule has 0 unspecified atom stereocenters. The van der Waals surface area contributed by atoms with Crippen molar-refractivity contribution in [3.8, 4) is 11.8 Å². The summed E-state index contributed by atoms with van der Waals surface area (Å²) in [5, 5.41) is 0. The van der Waals surface area contributed by atoms with Crippen LogP contribution >= 0.6 is 15.9 Å². The number of allylic oxidation sites excluding steroid dienone is 1. The van der Waals surface area contributed by atoms with Crippen LogP contribution in [0.25, 0.3) is 0 Å². The maximum atomic E-state index is 3.51. The Hall–Kier alpha value is -1.000. The highest BCUT2D eigenvalue weighted by atomic mass is 79.9. The van der Waals surface area contributed by atoms with Crippen molar-refractivity contribution in [3.63, 3.8) is 0 Å². The van der Waals surface area contributed by atoms with Crippen molar-refractivity contribution >= 4 is 15.9 Å². The van der Waals surface area contributed by atoms with Gasteiger partial charge in [0.05, 0.1) is 0 Å². The van der Waals surface area contributed by atoms with E-state index in [-0.39, 0.29) is 0 Å². The van der Waals surface area contributed by atoms with E-state index in [4.69, 9.17) is 0 Å². The van der Waals surface area contributed by atoms with E-state index >= 15 is 0 Å². The molecule has 0 aliphatic rings. The Morgan fingerprint density at radius 3 is 2.45 bits per heavy atom. The van der Waals surface area contributed by atoms with E-state index in [1.807, 2.05) is 24.3 Å². The predicted molar refractivity (Wildman–Crippen MR) is 51.2 cm³/mol. The molecule has 11 heavy (non-hydrogen) atoms. The van der Waals surface area contributed by atoms with Crippen molar-refractivity contribution in [2.24, 2.45) is 0 Å². The SMILES string of the molecule is C=CC#Cc1ccc(Br)cc1. The summed E-state index contributed by atoms with van der Waals surface area (Å²) in [6.45, 7) is 3.51. The van der Waals surface area contributed by atoms with Crippen molar-refractivity contribution in [2.75, 3.05) is 0 Å². The summed E-state index contributed by atoms with van der Waals surface area (Å²) in [6, 6.07) is 7.85. The Morgan fingerprint density at radius 2 is 1.91 bits per heavy atom. The molecule has 0 radical (unpaired) electrons. The predicted octanol–water partition coefficient (Wildman–Crippen LogP) is 2.99. The number of hydrogen-bond acceptors (Lipinski definition) is 0. The molecule has 1 heteroatoms. The molecule has 0 amide bonds. The van der Waals surface area contributed by atoms with Crippen LogP contribution in [0, 0.1) is 11.8 Å². The van der Waals surface area contributed by atoms with E-state index in [2.05, 4.69) is 34.3 Å². The Balaban J connectivity index is 2.90. The molecule has 0 heterocycles. The summed E-state index contributed by atoms with van der Waals surface area (Å²) in [5.74, 6) is 5.72. The quantitative estimate of drug-likeness (QED) is 0.573. The minimum atomic E-state index is 1.01. The molecular formula is C10H7Br. The fourth-order valence-corrected chi connectivity index (χ4v) is 0.932. The molecule has 0 aliphatic heterocycles. The minimum Gasteiger partial charge on any atom is -0.0906 e. The second kappa shape index (κ2) is 4.00. The third-order valence-electron chi connectivity index (χ3n) is 1.16. The van der Waals surface area contributed by atoms with Gasteiger partial charge in [0.15, 0.2) is 0 Å². The maximum absolute atomic E-state index is 3.51. The fourth-order valence-electron chi connectivity index (χ4n) is 0.668. The van der Waals surface area contributed by atoms with Gasteiger partial charge in [0, 0.05) is 10.0 Å². The van der Waals surface area contributed by atoms with Crippen LogP contribution in [0.1, 0.15) is 5.56 Å². The lowest BCUT2D eigenvalue weighted by atomic mass is 10.2. The molecule has 0 aromatic heterocycles. The number of benzene rings is 1. The van der Waals surface area contributed by atoms with E-state index in [9.17, 15) is 0 Å². The second-order valence-electron chi connectivity index (χ2n) is 1.98. The Morgan fingerprint density at radius 1 is 1.27 bits per heavy atom. The molecule has 0 N–H and O–H groups in total. The van der Waals surface area contributed by atoms with Crippen LogP contribution < -0.4 is 0 Å². The molecular weight excluding hydrogens is 200 g/mol. The molecule has 1 aromatic carbocycles. The molecule has 1 aromatic rings. The third kappa shape index (κ3) is 2.61. The van der Waals surface area contributed by atoms with Gasteiger partial charge in [-0.05, 0) is 30.3 Å². The summed E-state index contributed by atoms with van der Waals surface area (Å²) in [6.07, 6.45) is 1.59. The molecule has 0 atom stereocenters. The van der Waals surface area contributed by atoms with Gasteiger partial charge in [-0.2, -0.15) is 0 Å². The molecule has 0 saturated carbocycles. The minimum absolute atomic E-state index is 1.01. The first kappa shape index (κ1) is 8.10. The topological polar surface area (TPSA) is 0 Å². The second-order valence-corrected chi connectivity index (χ2v) is 2.90. The van der Waals surface area contributed by atoms with Crippen LogP contribution in [0.5, 0.6) is 0 Å². The zero-order valence-corrected chi connectivity index (χ0v) is 7.56. The first-order chi connectivity index (χ1) is 5.33. The van der Waals surface area contributed by atoms with Gasteiger partial charge in [-0.1, -0.05) is 34.3 Å². The molecule has 0 saturated heterocycles. The number of hydrogen-bond donors (Lipinski definition) is 0. The van der Waals surface area contributed by atoms with Gasteiger partial charge in [0.2, 0.25) is 0 Å². The highest BCUT2D eigenvalue weighted by Crippen LogP contribution is 2.09. The average molecular weight is 207 g/mol. The Labute approximate surface area is 75.1 Å². The summed E-state index contributed by atoms with van der Waals surface area (Å²) in [5.41, 5.74) is 1.01. The molecule has 1 rings (SSSR count). The highest BCUT2D eigenvalue weighted by molar-refractivity contribution is 9.10. The fraction of sp³-hybridized carbons (Fsp3) is 0. The zero-order chi connectivity index (χ0) is 8.10. The van der Waals surface area contributed by atoms with Crippen molar-refractivity contribution < 1.29 is 0 Å². The lowest BCUT2D eigenvalue weighted by Crippen LogP contribution is -1.70. The van der Waals surface area contributed by atoms with E-state index in [0.717, 1.165) is 10.0 Å². The third-order valence-corrected chi connectivity index (χ3v) is 1.69. The summed E-state index contributed by atoms with van der Waals surface area (Å²) < 4.78 is 1.07. The van der Waals surface area contributed by atoms with E-state index in [1.165, 1.54) is 0 Å². The molecule has 54 valence electrons. The van der Waals surface area contributed by atoms with Gasteiger partial charge in [-0.15, -0.1) is 0 Å². The van der Waals surface area contributed by atoms with Crippen molar-refractivity contribution in [2.45, 2.75) is 0 Å². The standard InChI is InChI=1S/C10H7Br/c1-2-3-4-9-5-7-10(11)8-6-9/h2,5-8H,1H2. The van der Waals surface area contributed by atoms with Gasteiger partial charge in [0.25, 0.3) is 0 Å². The smallest absolute Gasteiger partial charge is 0.0249 e. The molecule has 0 spiro atoms. The van der Waals surface area contributed by atoms with E-state index < -0.39 is 0 Å². The summed E-state index contributed by atoms with van der Waals surface area (Å²) >= 11 is 3.35. The maximum Gasteiger partial charge on any atom is 0.0249 e. The van der Waals surface area contributed by atoms with Crippen LogP contribution in [-0.2, 0) is 0 Å². The monoisotopic (exact) mass is 206 g/mol. The first-order valence-electron chi connectivity index (χ1n) is 3.21. The van der Waals surface area contributed by atoms with Gasteiger partial charge in [-0.25, -0.2) is 0 Å². The van der Waals surface area contributed by atoms with Crippen molar-refractivity contribution in [1.82, 2.24) is 0 Å². The highest BCUT2D eigenvalue weighted by Gasteiger charge is 1.85. The van der Waals surface area contributed by atoms with Crippen LogP contribution in [-0.4, -0.2) is 0 Å². The van der Waals surface area contributed by atoms with E-state index in [0.29, 0.717) is 0 Å². The normalized spacial score (nSPS) is 8.09. The van der Waals surface area contributed by atoms with Gasteiger partial charge in [0.1, 0.15) is 0 Å². The average Bonchev–Trinajstić information content (AvgIpc) is 2.04. The Kier molecular flexibility index (Phi) is 2.95. The van der Waals surface area contributed by atoms with Crippen molar-refractivity contribution in [1.29, 1.82) is 0 Å². The Bertz CT molecular complexity index is 298. The van der Waals surface area contributed by atoms with Crippen LogP contribution in [0.3, 0.4) is 0 Å². The summed E-state index contributed by atoms with van der Waals surface area (Å²) in [4.78, 5) is 0. The van der Waals surface area contributed by atoms with E-state index in [1.54, 1.807) is 6.08 Å². The summed E-state index contributed by atoms with van der Waals surface area (Å²) in [7, 11) is 0. The van der Waals surface area contributed by atoms with Gasteiger partial charge < -0.3 is 0 Å². The van der Waals surface area contributed by atoms with Gasteiger partial charge >= 0.3 is 0 Å². The van der Waals surface area contributed by atoms with Crippen LogP contribution in [0.2, 0.25) is 0 Å². The molecule has 0 bridgehead atoms. The molecule has 0 fully saturated rings. The lowest BCUT2D eigenvalue weighted by molar-refractivity contribution is 1.60. The van der Waals surface area contributed by atoms with Crippen LogP contribution in [0.4, 0.5) is 0 Å².